The Labute approximate surface area is 155 Å². The van der Waals surface area contributed by atoms with E-state index in [2.05, 4.69) is 83.0 Å². The summed E-state index contributed by atoms with van der Waals surface area (Å²) in [6, 6.07) is 20.9. The van der Waals surface area contributed by atoms with Crippen molar-refractivity contribution in [2.75, 3.05) is 17.2 Å². The van der Waals surface area contributed by atoms with Gasteiger partial charge in [-0.25, -0.2) is 4.98 Å². The van der Waals surface area contributed by atoms with Crippen molar-refractivity contribution in [3.05, 3.63) is 78.0 Å². The van der Waals surface area contributed by atoms with Crippen LogP contribution in [-0.2, 0) is 6.42 Å². The number of rotatable bonds is 8. The van der Waals surface area contributed by atoms with Gasteiger partial charge < -0.3 is 10.6 Å². The van der Waals surface area contributed by atoms with E-state index in [1.54, 1.807) is 6.20 Å². The van der Waals surface area contributed by atoms with E-state index in [0.717, 1.165) is 30.9 Å². The molecular formula is C22H26N4. The highest BCUT2D eigenvalue weighted by Gasteiger charge is 2.02. The molecule has 1 aromatic heterocycles. The first-order valence-electron chi connectivity index (χ1n) is 9.18. The van der Waals surface area contributed by atoms with Gasteiger partial charge in [0.25, 0.3) is 0 Å². The number of nitrogens with zero attached hydrogens (tertiary/aromatic N) is 2. The topological polar surface area (TPSA) is 49.8 Å². The minimum Gasteiger partial charge on any atom is -0.354 e. The Balaban J connectivity index is 1.51. The van der Waals surface area contributed by atoms with Crippen molar-refractivity contribution in [3.8, 4) is 0 Å². The number of anilines is 3. The molecule has 26 heavy (non-hydrogen) atoms. The molecule has 0 spiro atoms. The van der Waals surface area contributed by atoms with Gasteiger partial charge in [0.2, 0.25) is 5.95 Å². The normalized spacial score (nSPS) is 10.7. The minimum absolute atomic E-state index is 0.537. The molecule has 134 valence electrons. The van der Waals surface area contributed by atoms with Gasteiger partial charge in [-0.15, -0.1) is 0 Å². The lowest BCUT2D eigenvalue weighted by atomic mass is 10.0. The van der Waals surface area contributed by atoms with Crippen LogP contribution in [0.25, 0.3) is 0 Å². The summed E-state index contributed by atoms with van der Waals surface area (Å²) >= 11 is 0. The lowest BCUT2D eigenvalue weighted by Crippen LogP contribution is -2.07. The van der Waals surface area contributed by atoms with Gasteiger partial charge in [-0.2, -0.15) is 4.98 Å². The maximum atomic E-state index is 4.54. The molecular weight excluding hydrogens is 320 g/mol. The van der Waals surface area contributed by atoms with E-state index in [4.69, 9.17) is 0 Å². The Hall–Kier alpha value is -2.88. The van der Waals surface area contributed by atoms with Crippen LogP contribution in [0.1, 0.15) is 37.3 Å². The third-order valence-electron chi connectivity index (χ3n) is 4.27. The van der Waals surface area contributed by atoms with Crippen LogP contribution < -0.4 is 10.6 Å². The highest BCUT2D eigenvalue weighted by atomic mass is 15.1. The van der Waals surface area contributed by atoms with Crippen LogP contribution in [0.5, 0.6) is 0 Å². The van der Waals surface area contributed by atoms with Crippen molar-refractivity contribution in [3.63, 3.8) is 0 Å². The van der Waals surface area contributed by atoms with Crippen LogP contribution in [0, 0.1) is 0 Å². The summed E-state index contributed by atoms with van der Waals surface area (Å²) in [5, 5.41) is 6.64. The molecule has 3 rings (SSSR count). The summed E-state index contributed by atoms with van der Waals surface area (Å²) in [4.78, 5) is 8.84. The van der Waals surface area contributed by atoms with E-state index in [1.807, 2.05) is 12.1 Å². The summed E-state index contributed by atoms with van der Waals surface area (Å²) in [5.74, 6) is 1.99. The average molecular weight is 346 g/mol. The molecule has 0 atom stereocenters. The molecule has 3 aromatic rings. The standard InChI is InChI=1S/C22H26N4/c1-17(2)19-10-12-20(13-11-19)25-21-14-16-24-22(26-21)23-15-6-9-18-7-4-3-5-8-18/h3-5,7-8,10-14,16-17H,6,9,15H2,1-2H3,(H2,23,24,25,26). The largest absolute Gasteiger partial charge is 0.354 e. The van der Waals surface area contributed by atoms with E-state index in [0.29, 0.717) is 11.9 Å². The highest BCUT2D eigenvalue weighted by molar-refractivity contribution is 5.57. The molecule has 0 aliphatic heterocycles. The van der Waals surface area contributed by atoms with Gasteiger partial charge in [0.15, 0.2) is 0 Å². The molecule has 2 N–H and O–H groups in total. The van der Waals surface area contributed by atoms with E-state index in [1.165, 1.54) is 11.1 Å². The molecule has 2 aromatic carbocycles. The molecule has 4 heteroatoms. The summed E-state index contributed by atoms with van der Waals surface area (Å²) in [6.45, 7) is 5.24. The first-order valence-corrected chi connectivity index (χ1v) is 9.18. The summed E-state index contributed by atoms with van der Waals surface area (Å²) in [5.41, 5.74) is 3.72. The summed E-state index contributed by atoms with van der Waals surface area (Å²) in [6.07, 6.45) is 3.87. The van der Waals surface area contributed by atoms with Crippen molar-refractivity contribution in [1.82, 2.24) is 9.97 Å². The number of nitrogens with one attached hydrogen (secondary N) is 2. The summed E-state index contributed by atoms with van der Waals surface area (Å²) in [7, 11) is 0. The monoisotopic (exact) mass is 346 g/mol. The predicted octanol–water partition coefficient (Wildman–Crippen LogP) is 5.39. The lowest BCUT2D eigenvalue weighted by Gasteiger charge is -2.10. The third kappa shape index (κ3) is 5.31. The molecule has 0 aliphatic rings. The zero-order valence-corrected chi connectivity index (χ0v) is 15.4. The fraction of sp³-hybridized carbons (Fsp3) is 0.273. The van der Waals surface area contributed by atoms with Gasteiger partial charge in [0.05, 0.1) is 0 Å². The second-order valence-corrected chi connectivity index (χ2v) is 6.68. The highest BCUT2D eigenvalue weighted by Crippen LogP contribution is 2.20. The second-order valence-electron chi connectivity index (χ2n) is 6.68. The molecule has 0 unspecified atom stereocenters. The average Bonchev–Trinajstić information content (AvgIpc) is 2.67. The molecule has 1 heterocycles. The van der Waals surface area contributed by atoms with Crippen molar-refractivity contribution in [1.29, 1.82) is 0 Å². The van der Waals surface area contributed by atoms with E-state index in [9.17, 15) is 0 Å². The summed E-state index contributed by atoms with van der Waals surface area (Å²) < 4.78 is 0. The van der Waals surface area contributed by atoms with Crippen molar-refractivity contribution >= 4 is 17.5 Å². The number of benzene rings is 2. The van der Waals surface area contributed by atoms with Gasteiger partial charge >= 0.3 is 0 Å². The number of hydrogen-bond donors (Lipinski definition) is 2. The molecule has 0 radical (unpaired) electrons. The van der Waals surface area contributed by atoms with Gasteiger partial charge in [0, 0.05) is 18.4 Å². The fourth-order valence-electron chi connectivity index (χ4n) is 2.75. The van der Waals surface area contributed by atoms with Gasteiger partial charge in [-0.05, 0) is 48.1 Å². The zero-order valence-electron chi connectivity index (χ0n) is 15.4. The third-order valence-corrected chi connectivity index (χ3v) is 4.27. The number of hydrogen-bond acceptors (Lipinski definition) is 4. The predicted molar refractivity (Wildman–Crippen MR) is 109 cm³/mol. The van der Waals surface area contributed by atoms with Crippen LogP contribution in [0.4, 0.5) is 17.5 Å². The molecule has 4 nitrogen and oxygen atoms in total. The fourth-order valence-corrected chi connectivity index (χ4v) is 2.75. The number of aromatic nitrogens is 2. The zero-order chi connectivity index (χ0) is 18.2. The second kappa shape index (κ2) is 8.99. The Morgan fingerprint density at radius 3 is 2.42 bits per heavy atom. The SMILES string of the molecule is CC(C)c1ccc(Nc2ccnc(NCCCc3ccccc3)n2)cc1. The number of aryl methyl sites for hydroxylation is 1. The lowest BCUT2D eigenvalue weighted by molar-refractivity contribution is 0.853. The van der Waals surface area contributed by atoms with Gasteiger partial charge in [-0.3, -0.25) is 0 Å². The van der Waals surface area contributed by atoms with Crippen molar-refractivity contribution in [2.45, 2.75) is 32.6 Å². The van der Waals surface area contributed by atoms with E-state index in [-0.39, 0.29) is 0 Å². The van der Waals surface area contributed by atoms with Gasteiger partial charge in [-0.1, -0.05) is 56.3 Å². The van der Waals surface area contributed by atoms with Crippen LogP contribution in [0.2, 0.25) is 0 Å². The Bertz CT molecular complexity index is 798. The van der Waals surface area contributed by atoms with Crippen LogP contribution in [0.15, 0.2) is 66.9 Å². The molecule has 0 bridgehead atoms. The van der Waals surface area contributed by atoms with Crippen LogP contribution in [-0.4, -0.2) is 16.5 Å². The first-order chi connectivity index (χ1) is 12.7. The van der Waals surface area contributed by atoms with Gasteiger partial charge in [0.1, 0.15) is 5.82 Å². The molecule has 0 saturated carbocycles. The Morgan fingerprint density at radius 1 is 0.923 bits per heavy atom. The molecule has 0 fully saturated rings. The van der Waals surface area contributed by atoms with Crippen molar-refractivity contribution in [2.24, 2.45) is 0 Å². The quantitative estimate of drug-likeness (QED) is 0.537. The molecule has 0 aliphatic carbocycles. The van der Waals surface area contributed by atoms with E-state index < -0.39 is 0 Å². The minimum atomic E-state index is 0.537. The van der Waals surface area contributed by atoms with Crippen LogP contribution in [0.3, 0.4) is 0 Å². The maximum Gasteiger partial charge on any atom is 0.224 e. The smallest absolute Gasteiger partial charge is 0.224 e. The van der Waals surface area contributed by atoms with Crippen LogP contribution >= 0.6 is 0 Å². The van der Waals surface area contributed by atoms with E-state index >= 15 is 0 Å². The first kappa shape index (κ1) is 17.9. The maximum absolute atomic E-state index is 4.54. The molecule has 0 saturated heterocycles. The molecule has 0 amide bonds. The Kier molecular flexibility index (Phi) is 6.20. The Morgan fingerprint density at radius 2 is 1.69 bits per heavy atom. The van der Waals surface area contributed by atoms with Crippen molar-refractivity contribution < 1.29 is 0 Å².